The molecule has 2 aliphatic rings. The van der Waals surface area contributed by atoms with Crippen LogP contribution in [0.1, 0.15) is 37.2 Å². The normalized spacial score (nSPS) is 21.7. The largest absolute Gasteiger partial charge is 0.368 e. The van der Waals surface area contributed by atoms with Crippen LogP contribution in [0.2, 0.25) is 0 Å². The van der Waals surface area contributed by atoms with Crippen LogP contribution in [0.25, 0.3) is 10.6 Å². The molecule has 0 aliphatic carbocycles. The van der Waals surface area contributed by atoms with Crippen molar-refractivity contribution in [2.24, 2.45) is 5.92 Å². The first-order chi connectivity index (χ1) is 14.4. The SMILES string of the molecule is CC(C)CC(NC(=O)c1csc(-c2cccnc2)n1)C(=O)N1CCC2OCC(=O)C21. The minimum absolute atomic E-state index is 0.0518. The number of likely N-dealkylation sites (tertiary alicyclic amines) is 1. The Morgan fingerprint density at radius 2 is 2.23 bits per heavy atom. The van der Waals surface area contributed by atoms with Gasteiger partial charge in [0.25, 0.3) is 5.91 Å². The van der Waals surface area contributed by atoms with E-state index < -0.39 is 18.0 Å². The van der Waals surface area contributed by atoms with Crippen LogP contribution in [0.5, 0.6) is 0 Å². The number of fused-ring (bicyclic) bond motifs is 1. The first kappa shape index (κ1) is 20.6. The number of nitrogens with zero attached hydrogens (tertiary/aromatic N) is 3. The summed E-state index contributed by atoms with van der Waals surface area (Å²) < 4.78 is 5.48. The number of nitrogens with one attached hydrogen (secondary N) is 1. The molecule has 2 saturated heterocycles. The summed E-state index contributed by atoms with van der Waals surface area (Å²) in [4.78, 5) is 48.3. The van der Waals surface area contributed by atoms with E-state index in [1.54, 1.807) is 22.7 Å². The molecule has 9 heteroatoms. The van der Waals surface area contributed by atoms with Crippen LogP contribution in [-0.2, 0) is 14.3 Å². The third kappa shape index (κ3) is 4.13. The number of Topliss-reactive ketones (excluding diaryl/α,β-unsaturated/α-hetero) is 1. The van der Waals surface area contributed by atoms with Gasteiger partial charge >= 0.3 is 0 Å². The van der Waals surface area contributed by atoms with Crippen LogP contribution < -0.4 is 5.32 Å². The first-order valence-electron chi connectivity index (χ1n) is 10.1. The van der Waals surface area contributed by atoms with Gasteiger partial charge in [-0.15, -0.1) is 11.3 Å². The Labute approximate surface area is 178 Å². The van der Waals surface area contributed by atoms with E-state index in [-0.39, 0.29) is 36.0 Å². The Bertz CT molecular complexity index is 945. The summed E-state index contributed by atoms with van der Waals surface area (Å²) in [5.41, 5.74) is 1.10. The van der Waals surface area contributed by atoms with Crippen LogP contribution in [0, 0.1) is 5.92 Å². The van der Waals surface area contributed by atoms with E-state index in [1.807, 2.05) is 26.0 Å². The van der Waals surface area contributed by atoms with Crippen molar-refractivity contribution in [3.63, 3.8) is 0 Å². The van der Waals surface area contributed by atoms with Crippen molar-refractivity contribution >= 4 is 28.9 Å². The summed E-state index contributed by atoms with van der Waals surface area (Å²) >= 11 is 1.35. The summed E-state index contributed by atoms with van der Waals surface area (Å²) in [6, 6.07) is 2.45. The number of ketones is 1. The van der Waals surface area contributed by atoms with E-state index in [0.717, 1.165) is 5.56 Å². The zero-order valence-corrected chi connectivity index (χ0v) is 17.7. The van der Waals surface area contributed by atoms with Gasteiger partial charge in [0.2, 0.25) is 5.91 Å². The lowest BCUT2D eigenvalue weighted by atomic mass is 10.0. The topological polar surface area (TPSA) is 101 Å². The quantitative estimate of drug-likeness (QED) is 0.754. The molecule has 158 valence electrons. The van der Waals surface area contributed by atoms with Crippen LogP contribution in [-0.4, -0.2) is 63.8 Å². The average molecular weight is 429 g/mol. The van der Waals surface area contributed by atoms with Gasteiger partial charge in [-0.3, -0.25) is 19.4 Å². The molecule has 4 rings (SSSR count). The highest BCUT2D eigenvalue weighted by Gasteiger charge is 2.48. The number of rotatable bonds is 6. The van der Waals surface area contributed by atoms with E-state index in [1.165, 1.54) is 11.3 Å². The van der Waals surface area contributed by atoms with Gasteiger partial charge < -0.3 is 15.0 Å². The predicted octanol–water partition coefficient (Wildman–Crippen LogP) is 1.92. The number of carbonyl (C=O) groups is 3. The third-order valence-corrected chi connectivity index (χ3v) is 6.24. The first-order valence-corrected chi connectivity index (χ1v) is 10.9. The number of thiazole rings is 1. The fourth-order valence-electron chi connectivity index (χ4n) is 3.97. The van der Waals surface area contributed by atoms with Crippen LogP contribution in [0.3, 0.4) is 0 Å². The summed E-state index contributed by atoms with van der Waals surface area (Å²) in [5, 5.41) is 5.21. The van der Waals surface area contributed by atoms with Crippen molar-refractivity contribution < 1.29 is 19.1 Å². The maximum absolute atomic E-state index is 13.2. The van der Waals surface area contributed by atoms with Crippen LogP contribution >= 0.6 is 11.3 Å². The number of aromatic nitrogens is 2. The number of hydrogen-bond donors (Lipinski definition) is 1. The van der Waals surface area contributed by atoms with Crippen molar-refractivity contribution in [3.8, 4) is 10.6 Å². The van der Waals surface area contributed by atoms with Gasteiger partial charge in [0.05, 0.1) is 6.10 Å². The molecule has 4 heterocycles. The zero-order valence-electron chi connectivity index (χ0n) is 16.9. The average Bonchev–Trinajstić information content (AvgIpc) is 3.45. The third-order valence-electron chi connectivity index (χ3n) is 5.35. The predicted molar refractivity (Wildman–Crippen MR) is 111 cm³/mol. The van der Waals surface area contributed by atoms with Gasteiger partial charge in [0.15, 0.2) is 5.78 Å². The highest BCUT2D eigenvalue weighted by molar-refractivity contribution is 7.13. The molecule has 2 aromatic heterocycles. The van der Waals surface area contributed by atoms with Crippen molar-refractivity contribution in [1.29, 1.82) is 0 Å². The van der Waals surface area contributed by atoms with Crippen molar-refractivity contribution in [3.05, 3.63) is 35.6 Å². The molecule has 3 unspecified atom stereocenters. The second kappa shape index (κ2) is 8.61. The van der Waals surface area contributed by atoms with E-state index in [2.05, 4.69) is 15.3 Å². The Hall–Kier alpha value is -2.65. The molecule has 0 aromatic carbocycles. The number of ether oxygens (including phenoxy) is 1. The lowest BCUT2D eigenvalue weighted by Gasteiger charge is -2.28. The fraction of sp³-hybridized carbons (Fsp3) is 0.476. The molecule has 8 nitrogen and oxygen atoms in total. The van der Waals surface area contributed by atoms with Crippen LogP contribution in [0.15, 0.2) is 29.9 Å². The molecule has 2 aromatic rings. The van der Waals surface area contributed by atoms with E-state index in [4.69, 9.17) is 4.74 Å². The summed E-state index contributed by atoms with van der Waals surface area (Å²) in [6.45, 7) is 4.50. The van der Waals surface area contributed by atoms with Crippen molar-refractivity contribution in [2.75, 3.05) is 13.2 Å². The second-order valence-corrected chi connectivity index (χ2v) is 8.87. The molecular formula is C21H24N4O4S. The van der Waals surface area contributed by atoms with Crippen molar-refractivity contribution in [2.45, 2.75) is 44.9 Å². The highest BCUT2D eigenvalue weighted by atomic mass is 32.1. The van der Waals surface area contributed by atoms with Gasteiger partial charge in [-0.25, -0.2) is 4.98 Å². The lowest BCUT2D eigenvalue weighted by molar-refractivity contribution is -0.138. The van der Waals surface area contributed by atoms with Gasteiger partial charge in [-0.2, -0.15) is 0 Å². The summed E-state index contributed by atoms with van der Waals surface area (Å²) in [7, 11) is 0. The fourth-order valence-corrected chi connectivity index (χ4v) is 4.76. The number of pyridine rings is 1. The Morgan fingerprint density at radius 3 is 2.97 bits per heavy atom. The number of hydrogen-bond acceptors (Lipinski definition) is 7. The smallest absolute Gasteiger partial charge is 0.271 e. The molecule has 2 aliphatic heterocycles. The molecule has 3 atom stereocenters. The maximum Gasteiger partial charge on any atom is 0.271 e. The van der Waals surface area contributed by atoms with Gasteiger partial charge in [0, 0.05) is 29.9 Å². The number of amides is 2. The monoisotopic (exact) mass is 428 g/mol. The minimum Gasteiger partial charge on any atom is -0.368 e. The highest BCUT2D eigenvalue weighted by Crippen LogP contribution is 2.28. The van der Waals surface area contributed by atoms with Gasteiger partial charge in [-0.05, 0) is 30.9 Å². The lowest BCUT2D eigenvalue weighted by Crippen LogP contribution is -2.52. The zero-order chi connectivity index (χ0) is 21.3. The van der Waals surface area contributed by atoms with Gasteiger partial charge in [-0.1, -0.05) is 13.8 Å². The van der Waals surface area contributed by atoms with Gasteiger partial charge in [0.1, 0.15) is 29.4 Å². The van der Waals surface area contributed by atoms with E-state index >= 15 is 0 Å². The van der Waals surface area contributed by atoms with E-state index in [9.17, 15) is 14.4 Å². The Kier molecular flexibility index (Phi) is 5.92. The Morgan fingerprint density at radius 1 is 1.40 bits per heavy atom. The summed E-state index contributed by atoms with van der Waals surface area (Å²) in [5.74, 6) is -0.507. The molecule has 0 saturated carbocycles. The minimum atomic E-state index is -0.715. The molecule has 2 amide bonds. The van der Waals surface area contributed by atoms with Crippen molar-refractivity contribution in [1.82, 2.24) is 20.2 Å². The maximum atomic E-state index is 13.2. The molecule has 0 radical (unpaired) electrons. The second-order valence-electron chi connectivity index (χ2n) is 8.02. The Balaban J connectivity index is 1.49. The molecule has 1 N–H and O–H groups in total. The molecular weight excluding hydrogens is 404 g/mol. The molecule has 0 spiro atoms. The van der Waals surface area contributed by atoms with Crippen LogP contribution in [0.4, 0.5) is 0 Å². The molecule has 30 heavy (non-hydrogen) atoms. The van der Waals surface area contributed by atoms with E-state index in [0.29, 0.717) is 24.4 Å². The molecule has 2 fully saturated rings. The standard InChI is InChI=1S/C21H24N4O4S/c1-12(2)8-14(21(28)25-7-5-17-18(25)16(26)10-29-17)23-19(27)15-11-30-20(24-15)13-4-3-6-22-9-13/h3-4,6,9,11-12,14,17-18H,5,7-8,10H2,1-2H3,(H,23,27). The number of carbonyl (C=O) groups excluding carboxylic acids is 3. The summed E-state index contributed by atoms with van der Waals surface area (Å²) in [6.07, 6.45) is 4.27. The molecule has 0 bridgehead atoms.